The average Bonchev–Trinajstić information content (AvgIpc) is 2.81. The lowest BCUT2D eigenvalue weighted by molar-refractivity contribution is -0.139. The Hall–Kier alpha value is -3.19. The lowest BCUT2D eigenvalue weighted by Gasteiger charge is -2.00. The van der Waals surface area contributed by atoms with Gasteiger partial charge in [-0.1, -0.05) is 63.4 Å². The van der Waals surface area contributed by atoms with Gasteiger partial charge in [-0.15, -0.1) is 0 Å². The fourth-order valence-corrected chi connectivity index (χ4v) is 1.61. The number of carbonyl (C=O) groups excluding carboxylic acids is 3. The quantitative estimate of drug-likeness (QED) is 0.230. The lowest BCUT2D eigenvalue weighted by atomic mass is 10.2. The molecule has 0 saturated heterocycles. The molecule has 0 bridgehead atoms. The van der Waals surface area contributed by atoms with E-state index in [0.717, 1.165) is 30.6 Å². The summed E-state index contributed by atoms with van der Waals surface area (Å²) < 4.78 is 14.1. The molecule has 0 aliphatic rings. The molecule has 172 valence electrons. The maximum absolute atomic E-state index is 10.6. The molecule has 0 fully saturated rings. The molecule has 7 nitrogen and oxygen atoms in total. The molecule has 0 radical (unpaired) electrons. The maximum atomic E-state index is 10.6. The van der Waals surface area contributed by atoms with E-state index in [4.69, 9.17) is 9.84 Å². The maximum Gasteiger partial charge on any atom is 0.330 e. The zero-order valence-electron chi connectivity index (χ0n) is 18.3. The molecule has 7 heteroatoms. The summed E-state index contributed by atoms with van der Waals surface area (Å²) in [5, 5.41) is 8.33. The minimum Gasteiger partial charge on any atom is -0.463 e. The zero-order valence-corrected chi connectivity index (χ0v) is 18.3. The third-order valence-electron chi connectivity index (χ3n) is 3.26. The van der Waals surface area contributed by atoms with Gasteiger partial charge in [0.25, 0.3) is 0 Å². The molecule has 1 N–H and O–H groups in total. The van der Waals surface area contributed by atoms with Gasteiger partial charge >= 0.3 is 17.9 Å². The van der Waals surface area contributed by atoms with Gasteiger partial charge in [0.05, 0.1) is 13.2 Å². The molecule has 0 atom stereocenters. The Morgan fingerprint density at radius 2 is 1.29 bits per heavy atom. The monoisotopic (exact) mass is 434 g/mol. The first-order chi connectivity index (χ1) is 14.9. The molecule has 31 heavy (non-hydrogen) atoms. The first-order valence-corrected chi connectivity index (χ1v) is 9.97. The molecule has 0 heterocycles. The van der Waals surface area contributed by atoms with Crippen LogP contribution < -0.4 is 0 Å². The lowest BCUT2D eigenvalue weighted by Crippen LogP contribution is -2.02. The summed E-state index contributed by atoms with van der Waals surface area (Å²) in [4.78, 5) is 31.4. The summed E-state index contributed by atoms with van der Waals surface area (Å²) in [5.41, 5.74) is 0.979. The Labute approximate surface area is 185 Å². The van der Waals surface area contributed by atoms with Crippen LogP contribution in [0.4, 0.5) is 0 Å². The number of aliphatic hydroxyl groups is 1. The van der Waals surface area contributed by atoms with Crippen molar-refractivity contribution in [3.8, 4) is 0 Å². The number of rotatable bonds is 12. The Morgan fingerprint density at radius 1 is 0.806 bits per heavy atom. The van der Waals surface area contributed by atoms with E-state index in [1.54, 1.807) is 0 Å². The van der Waals surface area contributed by atoms with Gasteiger partial charge < -0.3 is 19.3 Å². The SMILES string of the molecule is C=CC(=O)OCCCC.C=CC(=O)OCCCCO.C=CC(=O)OCc1ccccc1. The summed E-state index contributed by atoms with van der Waals surface area (Å²) >= 11 is 0. The summed E-state index contributed by atoms with van der Waals surface area (Å²) in [7, 11) is 0. The number of hydrogen-bond acceptors (Lipinski definition) is 7. The molecule has 0 unspecified atom stereocenters. The second kappa shape index (κ2) is 23.1. The van der Waals surface area contributed by atoms with Crippen molar-refractivity contribution in [3.05, 3.63) is 73.9 Å². The minimum absolute atomic E-state index is 0.144. The molecular weight excluding hydrogens is 400 g/mol. The largest absolute Gasteiger partial charge is 0.463 e. The molecule has 0 amide bonds. The number of esters is 3. The van der Waals surface area contributed by atoms with Gasteiger partial charge in [-0.25, -0.2) is 14.4 Å². The zero-order chi connectivity index (χ0) is 23.7. The van der Waals surface area contributed by atoms with Crippen molar-refractivity contribution in [1.29, 1.82) is 0 Å². The molecule has 0 aliphatic carbocycles. The van der Waals surface area contributed by atoms with Gasteiger partial charge in [-0.3, -0.25) is 0 Å². The second-order valence-corrected chi connectivity index (χ2v) is 5.82. The van der Waals surface area contributed by atoms with Crippen LogP contribution in [0.15, 0.2) is 68.3 Å². The topological polar surface area (TPSA) is 99.1 Å². The summed E-state index contributed by atoms with van der Waals surface area (Å²) in [6, 6.07) is 9.51. The Morgan fingerprint density at radius 3 is 1.74 bits per heavy atom. The van der Waals surface area contributed by atoms with E-state index in [0.29, 0.717) is 32.7 Å². The second-order valence-electron chi connectivity index (χ2n) is 5.82. The van der Waals surface area contributed by atoms with Crippen molar-refractivity contribution in [2.24, 2.45) is 0 Å². The third-order valence-corrected chi connectivity index (χ3v) is 3.26. The fraction of sp³-hybridized carbons (Fsp3) is 0.375. The van der Waals surface area contributed by atoms with Crippen LogP contribution in [0.2, 0.25) is 0 Å². The highest BCUT2D eigenvalue weighted by atomic mass is 16.5. The summed E-state index contributed by atoms with van der Waals surface area (Å²) in [5.74, 6) is -1.12. The third kappa shape index (κ3) is 23.0. The van der Waals surface area contributed by atoms with Crippen molar-refractivity contribution in [2.45, 2.75) is 39.2 Å². The molecular formula is C24H34O7. The average molecular weight is 435 g/mol. The van der Waals surface area contributed by atoms with Crippen LogP contribution in [0.5, 0.6) is 0 Å². The van der Waals surface area contributed by atoms with E-state index in [2.05, 4.69) is 29.2 Å². The van der Waals surface area contributed by atoms with Crippen molar-refractivity contribution in [2.75, 3.05) is 19.8 Å². The molecule has 1 aromatic carbocycles. The van der Waals surface area contributed by atoms with E-state index < -0.39 is 5.97 Å². The van der Waals surface area contributed by atoms with Gasteiger partial charge in [0, 0.05) is 24.8 Å². The molecule has 1 rings (SSSR count). The number of aliphatic hydroxyl groups excluding tert-OH is 1. The Balaban J connectivity index is 0. The predicted molar refractivity (Wildman–Crippen MR) is 120 cm³/mol. The van der Waals surface area contributed by atoms with Gasteiger partial charge in [0.2, 0.25) is 0 Å². The fourth-order valence-electron chi connectivity index (χ4n) is 1.61. The number of unbranched alkanes of at least 4 members (excludes halogenated alkanes) is 2. The standard InChI is InChI=1S/C10H10O2.C7H12O3.C7H12O2/c1-2-10(11)12-8-9-6-4-3-5-7-9;1-2-7(9)10-6-4-3-5-8;1-3-5-6-9-7(8)4-2/h2-7H,1,8H2;2,8H,1,3-6H2;4H,2-3,5-6H2,1H3. The number of benzene rings is 1. The highest BCUT2D eigenvalue weighted by molar-refractivity contribution is 5.81. The van der Waals surface area contributed by atoms with E-state index in [1.165, 1.54) is 6.08 Å². The van der Waals surface area contributed by atoms with Gasteiger partial charge in [0.15, 0.2) is 0 Å². The van der Waals surface area contributed by atoms with Gasteiger partial charge in [-0.05, 0) is 24.8 Å². The van der Waals surface area contributed by atoms with E-state index in [-0.39, 0.29) is 18.5 Å². The first-order valence-electron chi connectivity index (χ1n) is 9.97. The minimum atomic E-state index is -0.405. The molecule has 0 saturated carbocycles. The Kier molecular flexibility index (Phi) is 22.4. The van der Waals surface area contributed by atoms with Gasteiger partial charge in [0.1, 0.15) is 6.61 Å². The number of hydrogen-bond donors (Lipinski definition) is 1. The predicted octanol–water partition coefficient (Wildman–Crippen LogP) is 3.92. The summed E-state index contributed by atoms with van der Waals surface area (Å²) in [6.45, 7) is 13.2. The van der Waals surface area contributed by atoms with Crippen molar-refractivity contribution < 1.29 is 33.7 Å². The number of carbonyl (C=O) groups is 3. The van der Waals surface area contributed by atoms with Crippen LogP contribution >= 0.6 is 0 Å². The molecule has 0 aromatic heterocycles. The van der Waals surface area contributed by atoms with Crippen LogP contribution in [-0.4, -0.2) is 42.8 Å². The normalized spacial score (nSPS) is 8.84. The van der Waals surface area contributed by atoms with Gasteiger partial charge in [-0.2, -0.15) is 0 Å². The Bertz CT molecular complexity index is 639. The van der Waals surface area contributed by atoms with Crippen LogP contribution in [0.3, 0.4) is 0 Å². The van der Waals surface area contributed by atoms with Crippen molar-refractivity contribution >= 4 is 17.9 Å². The highest BCUT2D eigenvalue weighted by Crippen LogP contribution is 2.00. The molecule has 1 aromatic rings. The summed E-state index contributed by atoms with van der Waals surface area (Å²) in [6.07, 6.45) is 6.81. The smallest absolute Gasteiger partial charge is 0.330 e. The molecule has 0 spiro atoms. The number of ether oxygens (including phenoxy) is 3. The van der Waals surface area contributed by atoms with E-state index in [9.17, 15) is 14.4 Å². The van der Waals surface area contributed by atoms with E-state index >= 15 is 0 Å². The van der Waals surface area contributed by atoms with Crippen LogP contribution in [-0.2, 0) is 35.2 Å². The van der Waals surface area contributed by atoms with Crippen LogP contribution in [0.25, 0.3) is 0 Å². The van der Waals surface area contributed by atoms with E-state index in [1.807, 2.05) is 37.3 Å². The first kappa shape index (κ1) is 30.0. The van der Waals surface area contributed by atoms with Crippen molar-refractivity contribution in [3.63, 3.8) is 0 Å². The van der Waals surface area contributed by atoms with Crippen molar-refractivity contribution in [1.82, 2.24) is 0 Å². The van der Waals surface area contributed by atoms with Crippen LogP contribution in [0, 0.1) is 0 Å². The molecule has 0 aliphatic heterocycles. The van der Waals surface area contributed by atoms with Crippen LogP contribution in [0.1, 0.15) is 38.2 Å². The highest BCUT2D eigenvalue weighted by Gasteiger charge is 1.95.